The van der Waals surface area contributed by atoms with Crippen molar-refractivity contribution in [2.75, 3.05) is 6.26 Å². The van der Waals surface area contributed by atoms with Crippen LogP contribution < -0.4 is 5.73 Å². The summed E-state index contributed by atoms with van der Waals surface area (Å²) >= 11 is 5.67. The minimum atomic E-state index is -3.27. The molecule has 0 radical (unpaired) electrons. The third kappa shape index (κ3) is 3.22. The van der Waals surface area contributed by atoms with Crippen LogP contribution in [0.2, 0.25) is 5.02 Å². The molecule has 1 aromatic rings. The van der Waals surface area contributed by atoms with Crippen LogP contribution in [0.5, 0.6) is 0 Å². The van der Waals surface area contributed by atoms with Crippen LogP contribution in [0.3, 0.4) is 0 Å². The van der Waals surface area contributed by atoms with Crippen molar-refractivity contribution in [3.63, 3.8) is 0 Å². The second-order valence-electron chi connectivity index (χ2n) is 4.93. The summed E-state index contributed by atoms with van der Waals surface area (Å²) in [6.45, 7) is 3.16. The normalized spacial score (nSPS) is 14.6. The number of nitrogens with two attached hydrogens (primary N) is 1. The number of hydrogen-bond acceptors (Lipinski definition) is 3. The molecule has 0 aliphatic heterocycles. The van der Waals surface area contributed by atoms with Gasteiger partial charge in [-0.15, -0.1) is 0 Å². The first-order chi connectivity index (χ1) is 8.05. The number of benzene rings is 1. The Kier molecular flexibility index (Phi) is 4.41. The SMILES string of the molecule is CC(C)(C(N)Cc1ccc(F)c(Cl)c1)S(C)(=O)=O. The van der Waals surface area contributed by atoms with Gasteiger partial charge in [0.2, 0.25) is 0 Å². The van der Waals surface area contributed by atoms with E-state index in [1.165, 1.54) is 12.1 Å². The van der Waals surface area contributed by atoms with Crippen molar-refractivity contribution in [3.05, 3.63) is 34.6 Å². The van der Waals surface area contributed by atoms with E-state index in [2.05, 4.69) is 0 Å². The summed E-state index contributed by atoms with van der Waals surface area (Å²) in [6.07, 6.45) is 1.48. The van der Waals surface area contributed by atoms with Gasteiger partial charge < -0.3 is 5.73 Å². The van der Waals surface area contributed by atoms with Gasteiger partial charge in [-0.25, -0.2) is 12.8 Å². The minimum absolute atomic E-state index is 0.0110. The van der Waals surface area contributed by atoms with E-state index in [9.17, 15) is 12.8 Å². The van der Waals surface area contributed by atoms with Crippen LogP contribution in [0.1, 0.15) is 19.4 Å². The number of rotatable bonds is 4. The van der Waals surface area contributed by atoms with Crippen molar-refractivity contribution in [2.45, 2.75) is 31.1 Å². The molecule has 2 N–H and O–H groups in total. The Balaban J connectivity index is 2.94. The summed E-state index contributed by atoms with van der Waals surface area (Å²) < 4.78 is 35.2. The molecule has 0 saturated heterocycles. The highest BCUT2D eigenvalue weighted by molar-refractivity contribution is 7.92. The average Bonchev–Trinajstić information content (AvgIpc) is 2.21. The standard InChI is InChI=1S/C12H17ClFNO2S/c1-12(2,18(3,16)17)11(15)7-8-4-5-10(14)9(13)6-8/h4-6,11H,7,15H2,1-3H3. The first kappa shape index (κ1) is 15.4. The lowest BCUT2D eigenvalue weighted by molar-refractivity contribution is 0.482. The van der Waals surface area contributed by atoms with Crippen LogP contribution in [-0.2, 0) is 16.3 Å². The van der Waals surface area contributed by atoms with Crippen LogP contribution in [0.25, 0.3) is 0 Å². The fourth-order valence-electron chi connectivity index (χ4n) is 1.44. The van der Waals surface area contributed by atoms with E-state index in [1.807, 2.05) is 0 Å². The molecule has 6 heteroatoms. The van der Waals surface area contributed by atoms with Gasteiger partial charge in [-0.05, 0) is 38.0 Å². The monoisotopic (exact) mass is 293 g/mol. The summed E-state index contributed by atoms with van der Waals surface area (Å²) in [5.41, 5.74) is 6.66. The molecule has 0 amide bonds. The van der Waals surface area contributed by atoms with E-state index in [4.69, 9.17) is 17.3 Å². The summed E-state index contributed by atoms with van der Waals surface area (Å²) in [5.74, 6) is -0.503. The largest absolute Gasteiger partial charge is 0.326 e. The van der Waals surface area contributed by atoms with Crippen LogP contribution in [-0.4, -0.2) is 25.5 Å². The molecule has 0 spiro atoms. The van der Waals surface area contributed by atoms with Gasteiger partial charge in [-0.3, -0.25) is 0 Å². The van der Waals surface area contributed by atoms with Crippen molar-refractivity contribution < 1.29 is 12.8 Å². The fraction of sp³-hybridized carbons (Fsp3) is 0.500. The Morgan fingerprint density at radius 2 is 2.00 bits per heavy atom. The van der Waals surface area contributed by atoms with Crippen molar-refractivity contribution in [1.82, 2.24) is 0 Å². The zero-order valence-corrected chi connectivity index (χ0v) is 12.1. The Morgan fingerprint density at radius 3 is 2.44 bits per heavy atom. The smallest absolute Gasteiger partial charge is 0.154 e. The maximum atomic E-state index is 13.0. The van der Waals surface area contributed by atoms with Gasteiger partial charge in [0.05, 0.1) is 9.77 Å². The molecule has 1 unspecified atom stereocenters. The van der Waals surface area contributed by atoms with Crippen LogP contribution in [0.15, 0.2) is 18.2 Å². The molecule has 0 saturated carbocycles. The topological polar surface area (TPSA) is 60.2 Å². The van der Waals surface area contributed by atoms with Gasteiger partial charge in [0.15, 0.2) is 9.84 Å². The molecule has 0 heterocycles. The summed E-state index contributed by atoms with van der Waals surface area (Å²) in [4.78, 5) is 0. The van der Waals surface area contributed by atoms with E-state index in [0.717, 1.165) is 6.26 Å². The fourth-order valence-corrected chi connectivity index (χ4v) is 2.28. The maximum absolute atomic E-state index is 13.0. The lowest BCUT2D eigenvalue weighted by Gasteiger charge is -2.29. The second-order valence-corrected chi connectivity index (χ2v) is 7.94. The lowest BCUT2D eigenvalue weighted by Crippen LogP contribution is -2.49. The number of halogens is 2. The molecule has 0 bridgehead atoms. The molecule has 102 valence electrons. The number of hydrogen-bond donors (Lipinski definition) is 1. The first-order valence-electron chi connectivity index (χ1n) is 5.45. The van der Waals surface area contributed by atoms with Gasteiger partial charge in [0, 0.05) is 12.3 Å². The Hall–Kier alpha value is -0.650. The highest BCUT2D eigenvalue weighted by atomic mass is 35.5. The van der Waals surface area contributed by atoms with Crippen LogP contribution in [0, 0.1) is 5.82 Å². The van der Waals surface area contributed by atoms with E-state index in [-0.39, 0.29) is 5.02 Å². The molecule has 1 atom stereocenters. The minimum Gasteiger partial charge on any atom is -0.326 e. The van der Waals surface area contributed by atoms with Gasteiger partial charge in [0.25, 0.3) is 0 Å². The average molecular weight is 294 g/mol. The predicted octanol–water partition coefficient (Wildman–Crippen LogP) is 2.17. The molecule has 3 nitrogen and oxygen atoms in total. The van der Waals surface area contributed by atoms with Crippen LogP contribution in [0.4, 0.5) is 4.39 Å². The van der Waals surface area contributed by atoms with Gasteiger partial charge >= 0.3 is 0 Å². The van der Waals surface area contributed by atoms with Gasteiger partial charge in [-0.1, -0.05) is 17.7 Å². The van der Waals surface area contributed by atoms with E-state index < -0.39 is 26.4 Å². The Morgan fingerprint density at radius 1 is 1.44 bits per heavy atom. The molecule has 1 rings (SSSR count). The quantitative estimate of drug-likeness (QED) is 0.925. The lowest BCUT2D eigenvalue weighted by atomic mass is 9.96. The van der Waals surface area contributed by atoms with Gasteiger partial charge in [-0.2, -0.15) is 0 Å². The maximum Gasteiger partial charge on any atom is 0.154 e. The molecular formula is C12H17ClFNO2S. The van der Waals surface area contributed by atoms with Crippen LogP contribution >= 0.6 is 11.6 Å². The Bertz CT molecular complexity index is 543. The predicted molar refractivity (Wildman–Crippen MR) is 72.0 cm³/mol. The van der Waals surface area contributed by atoms with E-state index in [1.54, 1.807) is 19.9 Å². The molecule has 0 fully saturated rings. The molecule has 0 aliphatic carbocycles. The Labute approximate surface area is 112 Å². The van der Waals surface area contributed by atoms with Crippen molar-refractivity contribution in [3.8, 4) is 0 Å². The number of sulfone groups is 1. The summed E-state index contributed by atoms with van der Waals surface area (Å²) in [5, 5.41) is 0.0110. The van der Waals surface area contributed by atoms with Gasteiger partial charge in [0.1, 0.15) is 5.82 Å². The van der Waals surface area contributed by atoms with E-state index >= 15 is 0 Å². The molecule has 18 heavy (non-hydrogen) atoms. The zero-order valence-electron chi connectivity index (χ0n) is 10.6. The molecule has 1 aromatic carbocycles. The van der Waals surface area contributed by atoms with Crippen molar-refractivity contribution in [1.29, 1.82) is 0 Å². The summed E-state index contributed by atoms with van der Waals surface area (Å²) in [7, 11) is -3.27. The van der Waals surface area contributed by atoms with E-state index in [0.29, 0.717) is 12.0 Å². The molecular weight excluding hydrogens is 277 g/mol. The second kappa shape index (κ2) is 5.15. The molecule has 0 aromatic heterocycles. The first-order valence-corrected chi connectivity index (χ1v) is 7.71. The highest BCUT2D eigenvalue weighted by Crippen LogP contribution is 2.23. The summed E-state index contributed by atoms with van der Waals surface area (Å²) in [6, 6.07) is 3.68. The molecule has 0 aliphatic rings. The third-order valence-corrected chi connectivity index (χ3v) is 5.79. The van der Waals surface area contributed by atoms with Crippen molar-refractivity contribution in [2.24, 2.45) is 5.73 Å². The zero-order chi connectivity index (χ0) is 14.1. The van der Waals surface area contributed by atoms with Crippen molar-refractivity contribution >= 4 is 21.4 Å². The highest BCUT2D eigenvalue weighted by Gasteiger charge is 2.36. The third-order valence-electron chi connectivity index (χ3n) is 3.29.